The molecule has 0 aliphatic rings. The Kier molecular flexibility index (Phi) is 3.62. The fourth-order valence-electron chi connectivity index (χ4n) is 0.816. The molecule has 0 bridgehead atoms. The van der Waals surface area contributed by atoms with Gasteiger partial charge in [-0.2, -0.15) is 0 Å². The predicted molar refractivity (Wildman–Crippen MR) is 54.7 cm³/mol. The highest BCUT2D eigenvalue weighted by atomic mass is 79.9. The number of hydrogen-bond acceptors (Lipinski definition) is 1. The third kappa shape index (κ3) is 2.87. The van der Waals surface area contributed by atoms with Crippen LogP contribution in [0.1, 0.15) is 6.92 Å². The Labute approximate surface area is 81.9 Å². The second-order valence-electron chi connectivity index (χ2n) is 2.41. The maximum absolute atomic E-state index is 11.2. The third-order valence-corrected chi connectivity index (χ3v) is 3.13. The molecule has 0 heterocycles. The lowest BCUT2D eigenvalue weighted by Gasteiger charge is -2.01. The maximum Gasteiger partial charge on any atom is 0.396 e. The first-order valence-corrected chi connectivity index (χ1v) is 6.18. The van der Waals surface area contributed by atoms with Crippen LogP contribution in [0.4, 0.5) is 5.69 Å². The summed E-state index contributed by atoms with van der Waals surface area (Å²) >= 11 is 3.34. The molecule has 0 atom stereocenters. The molecule has 0 saturated heterocycles. The van der Waals surface area contributed by atoms with Gasteiger partial charge in [-0.25, -0.2) is 0 Å². The van der Waals surface area contributed by atoms with E-state index in [0.29, 0.717) is 6.04 Å². The van der Waals surface area contributed by atoms with Gasteiger partial charge in [0.05, 0.1) is 0 Å². The van der Waals surface area contributed by atoms with E-state index in [2.05, 4.69) is 20.9 Å². The van der Waals surface area contributed by atoms with E-state index in [0.717, 1.165) is 10.2 Å². The molecule has 4 heteroatoms. The summed E-state index contributed by atoms with van der Waals surface area (Å²) in [5, 5.41) is 0. The Morgan fingerprint density at radius 1 is 1.58 bits per heavy atom. The van der Waals surface area contributed by atoms with Crippen molar-refractivity contribution < 1.29 is 4.46 Å². The largest absolute Gasteiger partial charge is 0.396 e. The van der Waals surface area contributed by atoms with E-state index in [-0.39, 0.29) is 0 Å². The molecule has 1 N–H and O–H groups in total. The maximum atomic E-state index is 11.2. The number of halogens is 1. The van der Waals surface area contributed by atoms with Crippen LogP contribution in [0, 0.1) is 0 Å². The topological polar surface area (TPSA) is 29.1 Å². The number of anilines is 1. The molecule has 0 spiro atoms. The monoisotopic (exact) mass is 243 g/mol. The molecular formula is C8H10BrNOSi. The van der Waals surface area contributed by atoms with Gasteiger partial charge >= 0.3 is 8.84 Å². The zero-order valence-electron chi connectivity index (χ0n) is 6.80. The Bertz CT molecular complexity index is 290. The van der Waals surface area contributed by atoms with Crippen molar-refractivity contribution in [3.8, 4) is 0 Å². The fraction of sp³-hybridized carbons (Fsp3) is 0.250. The number of hydrogen-bond donors (Lipinski definition) is 1. The van der Waals surface area contributed by atoms with Gasteiger partial charge in [-0.3, -0.25) is 0 Å². The van der Waals surface area contributed by atoms with Crippen molar-refractivity contribution in [3.05, 3.63) is 28.7 Å². The molecule has 0 unspecified atom stereocenters. The van der Waals surface area contributed by atoms with Crippen molar-refractivity contribution in [2.45, 2.75) is 13.0 Å². The second-order valence-corrected chi connectivity index (χ2v) is 5.13. The van der Waals surface area contributed by atoms with Crippen molar-refractivity contribution in [2.75, 3.05) is 4.98 Å². The van der Waals surface area contributed by atoms with Gasteiger partial charge in [0.25, 0.3) is 0 Å². The van der Waals surface area contributed by atoms with Crippen LogP contribution in [0.3, 0.4) is 0 Å². The molecule has 1 aromatic carbocycles. The van der Waals surface area contributed by atoms with Gasteiger partial charge in [0.1, 0.15) is 0 Å². The van der Waals surface area contributed by atoms with E-state index >= 15 is 0 Å². The molecule has 0 radical (unpaired) electrons. The molecule has 0 amide bonds. The van der Waals surface area contributed by atoms with Crippen molar-refractivity contribution >= 4 is 30.5 Å². The standard InChI is InChI=1S/C8H10BrNOSi/c1-2-12(11)10-8-5-3-4-7(9)6-8/h3-6,10H,2H2,1H3. The quantitative estimate of drug-likeness (QED) is 0.828. The van der Waals surface area contributed by atoms with E-state index in [1.807, 2.05) is 31.2 Å². The second kappa shape index (κ2) is 4.52. The van der Waals surface area contributed by atoms with E-state index in [1.165, 1.54) is 0 Å². The number of benzene rings is 1. The SMILES string of the molecule is CC[Si](=O)Nc1cccc(Br)c1. The Morgan fingerprint density at radius 2 is 2.33 bits per heavy atom. The first-order chi connectivity index (χ1) is 5.72. The Morgan fingerprint density at radius 3 is 2.92 bits per heavy atom. The van der Waals surface area contributed by atoms with Gasteiger partial charge in [0.2, 0.25) is 0 Å². The van der Waals surface area contributed by atoms with Gasteiger partial charge in [-0.1, -0.05) is 28.9 Å². The van der Waals surface area contributed by atoms with Crippen molar-refractivity contribution in [1.29, 1.82) is 0 Å². The van der Waals surface area contributed by atoms with E-state index in [9.17, 15) is 4.46 Å². The summed E-state index contributed by atoms with van der Waals surface area (Å²) < 4.78 is 12.1. The van der Waals surface area contributed by atoms with Gasteiger partial charge < -0.3 is 9.44 Å². The minimum Gasteiger partial charge on any atom is -0.361 e. The van der Waals surface area contributed by atoms with Crippen molar-refractivity contribution in [1.82, 2.24) is 0 Å². The molecule has 64 valence electrons. The van der Waals surface area contributed by atoms with Gasteiger partial charge in [-0.05, 0) is 18.2 Å². The van der Waals surface area contributed by atoms with E-state index in [4.69, 9.17) is 0 Å². The van der Waals surface area contributed by atoms with E-state index in [1.54, 1.807) is 0 Å². The number of rotatable bonds is 3. The zero-order valence-corrected chi connectivity index (χ0v) is 9.39. The summed E-state index contributed by atoms with van der Waals surface area (Å²) in [4.78, 5) is 2.95. The van der Waals surface area contributed by atoms with Gasteiger partial charge in [-0.15, -0.1) is 0 Å². The summed E-state index contributed by atoms with van der Waals surface area (Å²) in [5.74, 6) is 0. The molecule has 12 heavy (non-hydrogen) atoms. The molecule has 0 saturated carbocycles. The van der Waals surface area contributed by atoms with E-state index < -0.39 is 8.84 Å². The minimum absolute atomic E-state index is 0.692. The van der Waals surface area contributed by atoms with Crippen LogP contribution in [0.2, 0.25) is 6.04 Å². The summed E-state index contributed by atoms with van der Waals surface area (Å²) in [6.07, 6.45) is 0. The molecule has 0 fully saturated rings. The summed E-state index contributed by atoms with van der Waals surface area (Å²) in [6.45, 7) is 1.91. The third-order valence-electron chi connectivity index (χ3n) is 1.43. The molecule has 2 nitrogen and oxygen atoms in total. The number of nitrogens with one attached hydrogen (secondary N) is 1. The predicted octanol–water partition coefficient (Wildman–Crippen LogP) is 2.80. The highest BCUT2D eigenvalue weighted by Gasteiger charge is 2.01. The Balaban J connectivity index is 2.69. The van der Waals surface area contributed by atoms with Crippen LogP contribution in [0.15, 0.2) is 28.7 Å². The molecule has 1 rings (SSSR count). The first kappa shape index (κ1) is 9.60. The minimum atomic E-state index is -1.62. The van der Waals surface area contributed by atoms with Crippen LogP contribution in [-0.2, 0) is 4.46 Å². The van der Waals surface area contributed by atoms with Gasteiger partial charge in [0.15, 0.2) is 0 Å². The fourth-order valence-corrected chi connectivity index (χ4v) is 1.87. The van der Waals surface area contributed by atoms with Crippen molar-refractivity contribution in [2.24, 2.45) is 0 Å². The zero-order chi connectivity index (χ0) is 8.97. The van der Waals surface area contributed by atoms with Crippen molar-refractivity contribution in [3.63, 3.8) is 0 Å². The first-order valence-electron chi connectivity index (χ1n) is 3.78. The lowest BCUT2D eigenvalue weighted by Crippen LogP contribution is -2.11. The summed E-state index contributed by atoms with van der Waals surface area (Å²) in [5.41, 5.74) is 0.912. The molecule has 0 aliphatic heterocycles. The van der Waals surface area contributed by atoms with Crippen LogP contribution in [0.25, 0.3) is 0 Å². The normalized spacial score (nSPS) is 9.50. The molecular weight excluding hydrogens is 234 g/mol. The van der Waals surface area contributed by atoms with Crippen LogP contribution < -0.4 is 4.98 Å². The average Bonchev–Trinajstić information content (AvgIpc) is 2.04. The Hall–Kier alpha value is -0.483. The lowest BCUT2D eigenvalue weighted by atomic mass is 10.3. The highest BCUT2D eigenvalue weighted by Crippen LogP contribution is 2.15. The smallest absolute Gasteiger partial charge is 0.361 e. The van der Waals surface area contributed by atoms with Crippen LogP contribution >= 0.6 is 15.9 Å². The van der Waals surface area contributed by atoms with Crippen LogP contribution in [0.5, 0.6) is 0 Å². The van der Waals surface area contributed by atoms with Gasteiger partial charge in [0, 0.05) is 16.2 Å². The molecule has 0 aromatic heterocycles. The summed E-state index contributed by atoms with van der Waals surface area (Å²) in [6, 6.07) is 8.37. The summed E-state index contributed by atoms with van der Waals surface area (Å²) in [7, 11) is -1.62. The highest BCUT2D eigenvalue weighted by molar-refractivity contribution is 9.10. The average molecular weight is 244 g/mol. The van der Waals surface area contributed by atoms with Crippen LogP contribution in [-0.4, -0.2) is 8.84 Å². The molecule has 1 aromatic rings. The lowest BCUT2D eigenvalue weighted by molar-refractivity contribution is 0.565. The molecule has 0 aliphatic carbocycles.